The van der Waals surface area contributed by atoms with E-state index >= 15 is 0 Å². The fourth-order valence-corrected chi connectivity index (χ4v) is 2.40. The number of anilines is 1. The number of benzene rings is 1. The number of nitrogens with zero attached hydrogens (tertiary/aromatic N) is 3. The van der Waals surface area contributed by atoms with Crippen LogP contribution in [-0.2, 0) is 6.42 Å². The van der Waals surface area contributed by atoms with E-state index in [0.717, 1.165) is 25.1 Å². The van der Waals surface area contributed by atoms with Crippen molar-refractivity contribution in [1.82, 2.24) is 14.8 Å². The van der Waals surface area contributed by atoms with Gasteiger partial charge >= 0.3 is 0 Å². The first-order valence-electron chi connectivity index (χ1n) is 5.71. The Morgan fingerprint density at radius 2 is 2.18 bits per heavy atom. The van der Waals surface area contributed by atoms with Gasteiger partial charge in [-0.25, -0.2) is 9.07 Å². The van der Waals surface area contributed by atoms with Gasteiger partial charge in [0.2, 0.25) is 5.95 Å². The van der Waals surface area contributed by atoms with Gasteiger partial charge < -0.3 is 5.73 Å². The molecule has 5 heteroatoms. The van der Waals surface area contributed by atoms with Crippen molar-refractivity contribution in [2.75, 3.05) is 5.73 Å². The molecule has 2 N–H and O–H groups in total. The van der Waals surface area contributed by atoms with E-state index in [1.165, 1.54) is 6.07 Å². The molecule has 1 aliphatic rings. The van der Waals surface area contributed by atoms with Crippen molar-refractivity contribution in [3.8, 4) is 0 Å². The van der Waals surface area contributed by atoms with E-state index < -0.39 is 0 Å². The summed E-state index contributed by atoms with van der Waals surface area (Å²) in [5.41, 5.74) is 6.27. The Morgan fingerprint density at radius 3 is 3.00 bits per heavy atom. The van der Waals surface area contributed by atoms with Crippen molar-refractivity contribution >= 4 is 5.95 Å². The van der Waals surface area contributed by atoms with E-state index in [1.54, 1.807) is 16.8 Å². The number of fused-ring (bicyclic) bond motifs is 1. The molecule has 1 aliphatic heterocycles. The Hall–Kier alpha value is -1.91. The fraction of sp³-hybridized carbons (Fsp3) is 0.333. The second-order valence-electron chi connectivity index (χ2n) is 4.26. The van der Waals surface area contributed by atoms with Crippen LogP contribution in [0.3, 0.4) is 0 Å². The average molecular weight is 232 g/mol. The lowest BCUT2D eigenvalue weighted by atomic mass is 9.97. The zero-order valence-corrected chi connectivity index (χ0v) is 9.31. The van der Waals surface area contributed by atoms with Crippen LogP contribution in [-0.4, -0.2) is 14.8 Å². The topological polar surface area (TPSA) is 56.7 Å². The largest absolute Gasteiger partial charge is 0.366 e. The highest BCUT2D eigenvalue weighted by Gasteiger charge is 2.25. The molecule has 1 unspecified atom stereocenters. The summed E-state index contributed by atoms with van der Waals surface area (Å²) in [7, 11) is 0. The van der Waals surface area contributed by atoms with E-state index in [1.807, 2.05) is 6.07 Å². The van der Waals surface area contributed by atoms with Crippen molar-refractivity contribution in [3.05, 3.63) is 41.5 Å². The van der Waals surface area contributed by atoms with Crippen LogP contribution >= 0.6 is 0 Å². The molecule has 0 spiro atoms. The van der Waals surface area contributed by atoms with Crippen LogP contribution in [0.2, 0.25) is 0 Å². The molecule has 0 bridgehead atoms. The maximum Gasteiger partial charge on any atom is 0.239 e. The molecule has 1 atom stereocenters. The molecule has 2 heterocycles. The van der Waals surface area contributed by atoms with Crippen LogP contribution in [0.4, 0.5) is 10.3 Å². The Balaban J connectivity index is 2.09. The number of aryl methyl sites for hydroxylation is 1. The molecule has 0 amide bonds. The molecule has 3 rings (SSSR count). The van der Waals surface area contributed by atoms with Gasteiger partial charge in [-0.15, -0.1) is 5.10 Å². The fourth-order valence-electron chi connectivity index (χ4n) is 2.40. The number of nitrogen functional groups attached to an aromatic ring is 1. The zero-order chi connectivity index (χ0) is 11.8. The molecule has 0 saturated carbocycles. The maximum absolute atomic E-state index is 13.8. The molecule has 0 aliphatic carbocycles. The highest BCUT2D eigenvalue weighted by atomic mass is 19.1. The summed E-state index contributed by atoms with van der Waals surface area (Å²) in [6.45, 7) is 0. The number of hydrogen-bond acceptors (Lipinski definition) is 3. The van der Waals surface area contributed by atoms with Gasteiger partial charge in [-0.1, -0.05) is 18.2 Å². The molecule has 0 saturated heterocycles. The first-order chi connectivity index (χ1) is 8.25. The van der Waals surface area contributed by atoms with Gasteiger partial charge in [0, 0.05) is 12.0 Å². The Labute approximate surface area is 98.3 Å². The van der Waals surface area contributed by atoms with Gasteiger partial charge in [0.25, 0.3) is 0 Å². The van der Waals surface area contributed by atoms with E-state index in [4.69, 9.17) is 5.73 Å². The molecule has 4 nitrogen and oxygen atoms in total. The van der Waals surface area contributed by atoms with Gasteiger partial charge in [0.05, 0.1) is 6.04 Å². The van der Waals surface area contributed by atoms with Crippen molar-refractivity contribution in [1.29, 1.82) is 0 Å². The van der Waals surface area contributed by atoms with Crippen molar-refractivity contribution in [2.24, 2.45) is 0 Å². The Kier molecular flexibility index (Phi) is 2.31. The number of rotatable bonds is 1. The molecule has 2 aromatic rings. The summed E-state index contributed by atoms with van der Waals surface area (Å²) >= 11 is 0. The van der Waals surface area contributed by atoms with Crippen LogP contribution < -0.4 is 5.73 Å². The number of aromatic nitrogens is 3. The molecular weight excluding hydrogens is 219 g/mol. The predicted octanol–water partition coefficient (Wildman–Crippen LogP) is 1.93. The highest BCUT2D eigenvalue weighted by molar-refractivity contribution is 5.25. The second-order valence-corrected chi connectivity index (χ2v) is 4.26. The summed E-state index contributed by atoms with van der Waals surface area (Å²) in [6, 6.07) is 6.73. The Bertz CT molecular complexity index is 549. The molecular formula is C12H13FN4. The smallest absolute Gasteiger partial charge is 0.239 e. The summed E-state index contributed by atoms with van der Waals surface area (Å²) in [4.78, 5) is 4.16. The second kappa shape index (κ2) is 3.84. The third kappa shape index (κ3) is 1.67. The monoisotopic (exact) mass is 232 g/mol. The molecule has 1 aromatic carbocycles. The first kappa shape index (κ1) is 10.3. The van der Waals surface area contributed by atoms with Crippen molar-refractivity contribution in [3.63, 3.8) is 0 Å². The quantitative estimate of drug-likeness (QED) is 0.817. The lowest BCUT2D eigenvalue weighted by Gasteiger charge is -2.23. The highest BCUT2D eigenvalue weighted by Crippen LogP contribution is 2.30. The lowest BCUT2D eigenvalue weighted by molar-refractivity contribution is 0.399. The number of halogens is 1. The maximum atomic E-state index is 13.8. The van der Waals surface area contributed by atoms with E-state index in [2.05, 4.69) is 10.1 Å². The third-order valence-corrected chi connectivity index (χ3v) is 3.16. The summed E-state index contributed by atoms with van der Waals surface area (Å²) in [5, 5.41) is 4.17. The molecule has 0 fully saturated rings. The van der Waals surface area contributed by atoms with Gasteiger partial charge in [-0.2, -0.15) is 4.98 Å². The summed E-state index contributed by atoms with van der Waals surface area (Å²) in [6.07, 6.45) is 2.71. The SMILES string of the molecule is Nc1nc2n(n1)C(c1ccccc1F)CCC2. The van der Waals surface area contributed by atoms with Gasteiger partial charge in [-0.05, 0) is 18.9 Å². The van der Waals surface area contributed by atoms with Gasteiger partial charge in [0.15, 0.2) is 0 Å². The summed E-state index contributed by atoms with van der Waals surface area (Å²) in [5.74, 6) is 0.921. The average Bonchev–Trinajstić information content (AvgIpc) is 2.70. The van der Waals surface area contributed by atoms with Crippen LogP contribution in [0.15, 0.2) is 24.3 Å². The zero-order valence-electron chi connectivity index (χ0n) is 9.31. The van der Waals surface area contributed by atoms with E-state index in [0.29, 0.717) is 5.56 Å². The Morgan fingerprint density at radius 1 is 1.35 bits per heavy atom. The predicted molar refractivity (Wildman–Crippen MR) is 61.9 cm³/mol. The molecule has 88 valence electrons. The van der Waals surface area contributed by atoms with E-state index in [9.17, 15) is 4.39 Å². The molecule has 0 radical (unpaired) electrons. The number of hydrogen-bond donors (Lipinski definition) is 1. The minimum atomic E-state index is -0.195. The normalized spacial score (nSPS) is 19.0. The minimum absolute atomic E-state index is 0.0789. The van der Waals surface area contributed by atoms with Gasteiger partial charge in [-0.3, -0.25) is 0 Å². The molecule has 1 aromatic heterocycles. The van der Waals surface area contributed by atoms with Crippen molar-refractivity contribution < 1.29 is 4.39 Å². The first-order valence-corrected chi connectivity index (χ1v) is 5.71. The van der Waals surface area contributed by atoms with Gasteiger partial charge in [0.1, 0.15) is 11.6 Å². The van der Waals surface area contributed by atoms with Crippen molar-refractivity contribution in [2.45, 2.75) is 25.3 Å². The van der Waals surface area contributed by atoms with Crippen LogP contribution in [0.5, 0.6) is 0 Å². The van der Waals surface area contributed by atoms with Crippen LogP contribution in [0.1, 0.15) is 30.3 Å². The lowest BCUT2D eigenvalue weighted by Crippen LogP contribution is -2.21. The standard InChI is InChI=1S/C12H13FN4/c13-9-5-2-1-4-8(9)10-6-3-7-11-15-12(14)16-17(10)11/h1-2,4-5,10H,3,6-7H2,(H2,14,16). The number of nitrogens with two attached hydrogens (primary N) is 1. The van der Waals surface area contributed by atoms with E-state index in [-0.39, 0.29) is 17.8 Å². The third-order valence-electron chi connectivity index (χ3n) is 3.16. The van der Waals surface area contributed by atoms with Crippen LogP contribution in [0.25, 0.3) is 0 Å². The summed E-state index contributed by atoms with van der Waals surface area (Å²) < 4.78 is 15.5. The molecule has 17 heavy (non-hydrogen) atoms. The minimum Gasteiger partial charge on any atom is -0.366 e. The van der Waals surface area contributed by atoms with Crippen LogP contribution in [0, 0.1) is 5.82 Å².